The number of carbonyl (C=O) groups excluding carboxylic acids is 2. The lowest BCUT2D eigenvalue weighted by Crippen LogP contribution is -2.50. The maximum absolute atomic E-state index is 13.6. The van der Waals surface area contributed by atoms with Gasteiger partial charge >= 0.3 is 0 Å². The van der Waals surface area contributed by atoms with Gasteiger partial charge in [-0.3, -0.25) is 14.6 Å². The van der Waals surface area contributed by atoms with Crippen molar-refractivity contribution in [3.8, 4) is 17.0 Å². The third kappa shape index (κ3) is 6.11. The fourth-order valence-corrected chi connectivity index (χ4v) is 4.28. The maximum Gasteiger partial charge on any atom is 0.259 e. The van der Waals surface area contributed by atoms with E-state index in [9.17, 15) is 19.1 Å². The van der Waals surface area contributed by atoms with Crippen LogP contribution in [0, 0.1) is 11.7 Å². The largest absolute Gasteiger partial charge is 0.472 e. The highest BCUT2D eigenvalue weighted by Gasteiger charge is 2.34. The fourth-order valence-electron chi connectivity index (χ4n) is 4.28. The first kappa shape index (κ1) is 26.2. The Morgan fingerprint density at radius 3 is 2.65 bits per heavy atom. The molecule has 9 heteroatoms. The van der Waals surface area contributed by atoms with Gasteiger partial charge in [0, 0.05) is 43.2 Å². The van der Waals surface area contributed by atoms with Crippen molar-refractivity contribution in [1.82, 2.24) is 19.8 Å². The first-order chi connectivity index (χ1) is 17.8. The van der Waals surface area contributed by atoms with Crippen molar-refractivity contribution in [3.63, 3.8) is 0 Å². The summed E-state index contributed by atoms with van der Waals surface area (Å²) in [5, 5.41) is 9.85. The van der Waals surface area contributed by atoms with Crippen molar-refractivity contribution >= 4 is 11.8 Å². The number of pyridine rings is 2. The zero-order valence-electron chi connectivity index (χ0n) is 21.2. The second-order valence-electron chi connectivity index (χ2n) is 9.48. The minimum Gasteiger partial charge on any atom is -0.472 e. The predicted molar refractivity (Wildman–Crippen MR) is 136 cm³/mol. The first-order valence-corrected chi connectivity index (χ1v) is 12.2. The summed E-state index contributed by atoms with van der Waals surface area (Å²) in [5.74, 6) is -0.766. The number of benzene rings is 1. The quantitative estimate of drug-likeness (QED) is 0.529. The SMILES string of the molecule is C[C@@H]1CN([C@H](C)CO)C(=O)c2cc(-c3ccc(F)cc3)cnc2O[C@@H]1CN(C)C(=O)Cc1ccccn1. The zero-order chi connectivity index (χ0) is 26.5. The Morgan fingerprint density at radius 2 is 1.97 bits per heavy atom. The molecule has 2 amide bonds. The lowest BCUT2D eigenvalue weighted by Gasteiger charge is -2.37. The van der Waals surface area contributed by atoms with E-state index >= 15 is 0 Å². The van der Waals surface area contributed by atoms with Crippen LogP contribution < -0.4 is 4.74 Å². The van der Waals surface area contributed by atoms with Gasteiger partial charge in [-0.05, 0) is 42.8 Å². The minimum absolute atomic E-state index is 0.104. The molecule has 2 aromatic heterocycles. The number of hydrogen-bond donors (Lipinski definition) is 1. The molecule has 0 radical (unpaired) electrons. The highest BCUT2D eigenvalue weighted by molar-refractivity contribution is 5.98. The molecule has 0 aliphatic carbocycles. The van der Waals surface area contributed by atoms with E-state index in [1.54, 1.807) is 66.5 Å². The average Bonchev–Trinajstić information content (AvgIpc) is 2.91. The van der Waals surface area contributed by atoms with Gasteiger partial charge in [-0.15, -0.1) is 0 Å². The highest BCUT2D eigenvalue weighted by Crippen LogP contribution is 2.30. The molecule has 1 aliphatic rings. The lowest BCUT2D eigenvalue weighted by atomic mass is 9.99. The normalized spacial score (nSPS) is 18.3. The number of hydrogen-bond acceptors (Lipinski definition) is 6. The number of carbonyl (C=O) groups is 2. The number of rotatable bonds is 7. The topological polar surface area (TPSA) is 95.9 Å². The number of likely N-dealkylation sites (N-methyl/N-ethyl adjacent to an activating group) is 1. The summed E-state index contributed by atoms with van der Waals surface area (Å²) in [5.41, 5.74) is 2.28. The van der Waals surface area contributed by atoms with E-state index in [0.717, 1.165) is 0 Å². The number of aromatic nitrogens is 2. The molecule has 4 rings (SSSR count). The summed E-state index contributed by atoms with van der Waals surface area (Å²) in [4.78, 5) is 38.4. The van der Waals surface area contributed by atoms with Crippen LogP contribution in [0.4, 0.5) is 4.39 Å². The van der Waals surface area contributed by atoms with Crippen molar-refractivity contribution in [3.05, 3.63) is 78.0 Å². The van der Waals surface area contributed by atoms with E-state index in [1.165, 1.54) is 12.1 Å². The molecule has 0 unspecified atom stereocenters. The molecule has 3 heterocycles. The molecule has 194 valence electrons. The second kappa shape index (κ2) is 11.5. The second-order valence-corrected chi connectivity index (χ2v) is 9.48. The summed E-state index contributed by atoms with van der Waals surface area (Å²) in [6.07, 6.45) is 2.94. The Labute approximate surface area is 215 Å². The third-order valence-electron chi connectivity index (χ3n) is 6.64. The molecule has 3 aromatic rings. The van der Waals surface area contributed by atoms with Crippen LogP contribution in [0.15, 0.2) is 60.9 Å². The minimum atomic E-state index is -0.456. The number of aliphatic hydroxyl groups excluding tert-OH is 1. The van der Waals surface area contributed by atoms with E-state index in [4.69, 9.17) is 4.74 Å². The molecular weight excluding hydrogens is 475 g/mol. The van der Waals surface area contributed by atoms with Crippen molar-refractivity contribution in [2.75, 3.05) is 26.7 Å². The lowest BCUT2D eigenvalue weighted by molar-refractivity contribution is -0.130. The van der Waals surface area contributed by atoms with Crippen molar-refractivity contribution in [2.45, 2.75) is 32.4 Å². The summed E-state index contributed by atoms with van der Waals surface area (Å²) < 4.78 is 19.7. The van der Waals surface area contributed by atoms with E-state index in [1.807, 2.05) is 13.0 Å². The fraction of sp³-hybridized carbons (Fsp3) is 0.357. The van der Waals surface area contributed by atoms with E-state index in [0.29, 0.717) is 23.4 Å². The summed E-state index contributed by atoms with van der Waals surface area (Å²) in [7, 11) is 1.71. The maximum atomic E-state index is 13.6. The van der Waals surface area contributed by atoms with Crippen molar-refractivity contribution < 1.29 is 23.8 Å². The Hall–Kier alpha value is -3.85. The van der Waals surface area contributed by atoms with Gasteiger partial charge in [0.05, 0.1) is 25.6 Å². The third-order valence-corrected chi connectivity index (χ3v) is 6.64. The van der Waals surface area contributed by atoms with E-state index < -0.39 is 12.1 Å². The monoisotopic (exact) mass is 506 g/mol. The molecular formula is C28H31FN4O4. The van der Waals surface area contributed by atoms with Gasteiger partial charge in [-0.2, -0.15) is 0 Å². The molecule has 0 saturated heterocycles. The van der Waals surface area contributed by atoms with Crippen LogP contribution >= 0.6 is 0 Å². The molecule has 0 spiro atoms. The van der Waals surface area contributed by atoms with Crippen molar-refractivity contribution in [2.24, 2.45) is 5.92 Å². The van der Waals surface area contributed by atoms with Crippen LogP contribution in [0.2, 0.25) is 0 Å². The smallest absolute Gasteiger partial charge is 0.259 e. The summed E-state index contributed by atoms with van der Waals surface area (Å²) in [6, 6.07) is 12.6. The Morgan fingerprint density at radius 1 is 1.22 bits per heavy atom. The van der Waals surface area contributed by atoms with Gasteiger partial charge in [0.25, 0.3) is 5.91 Å². The van der Waals surface area contributed by atoms with Crippen LogP contribution in [0.3, 0.4) is 0 Å². The Kier molecular flexibility index (Phi) is 8.13. The number of halogens is 1. The van der Waals surface area contributed by atoms with Gasteiger partial charge in [0.15, 0.2) is 0 Å². The molecule has 0 saturated carbocycles. The zero-order valence-corrected chi connectivity index (χ0v) is 21.2. The molecule has 3 atom stereocenters. The Bertz CT molecular complexity index is 1240. The molecule has 8 nitrogen and oxygen atoms in total. The predicted octanol–water partition coefficient (Wildman–Crippen LogP) is 3.20. The molecule has 1 aromatic carbocycles. The van der Waals surface area contributed by atoms with E-state index in [-0.39, 0.29) is 54.6 Å². The van der Waals surface area contributed by atoms with Crippen LogP contribution in [0.25, 0.3) is 11.1 Å². The number of amides is 2. The van der Waals surface area contributed by atoms with Crippen LogP contribution in [-0.4, -0.2) is 75.6 Å². The van der Waals surface area contributed by atoms with Crippen molar-refractivity contribution in [1.29, 1.82) is 0 Å². The molecule has 37 heavy (non-hydrogen) atoms. The van der Waals surface area contributed by atoms with Gasteiger partial charge in [-0.1, -0.05) is 25.1 Å². The van der Waals surface area contributed by atoms with Gasteiger partial charge in [-0.25, -0.2) is 9.37 Å². The molecule has 1 N–H and O–H groups in total. The van der Waals surface area contributed by atoms with Gasteiger partial charge in [0.1, 0.15) is 17.5 Å². The summed E-state index contributed by atoms with van der Waals surface area (Å²) >= 11 is 0. The number of nitrogens with zero attached hydrogens (tertiary/aromatic N) is 4. The summed E-state index contributed by atoms with van der Waals surface area (Å²) in [6.45, 7) is 4.13. The van der Waals surface area contributed by atoms with Crippen LogP contribution in [-0.2, 0) is 11.2 Å². The van der Waals surface area contributed by atoms with Crippen LogP contribution in [0.1, 0.15) is 29.9 Å². The molecule has 1 aliphatic heterocycles. The molecule has 0 fully saturated rings. The standard InChI is InChI=1S/C28H31FN4O4/c1-18-15-33(19(2)17-34)28(36)24-12-21(20-7-9-22(29)10-8-20)14-31-27(24)37-25(18)16-32(3)26(35)13-23-6-4-5-11-30-23/h4-12,14,18-19,25,34H,13,15-17H2,1-3H3/t18-,19-,25-/m1/s1. The number of fused-ring (bicyclic) bond motifs is 1. The Balaban J connectivity index is 1.63. The van der Waals surface area contributed by atoms with Crippen LogP contribution in [0.5, 0.6) is 5.88 Å². The van der Waals surface area contributed by atoms with Gasteiger partial charge < -0.3 is 19.6 Å². The first-order valence-electron chi connectivity index (χ1n) is 12.2. The molecule has 0 bridgehead atoms. The number of ether oxygens (including phenoxy) is 1. The number of aliphatic hydroxyl groups is 1. The van der Waals surface area contributed by atoms with E-state index in [2.05, 4.69) is 9.97 Å². The average molecular weight is 507 g/mol. The van der Waals surface area contributed by atoms with Gasteiger partial charge in [0.2, 0.25) is 11.8 Å². The highest BCUT2D eigenvalue weighted by atomic mass is 19.1.